The van der Waals surface area contributed by atoms with Gasteiger partial charge in [-0.25, -0.2) is 0 Å². The number of carbonyl (C=O) groups is 1. The molecule has 1 saturated carbocycles. The minimum atomic E-state index is -0.685. The van der Waals surface area contributed by atoms with Gasteiger partial charge in [0.05, 0.1) is 5.75 Å². The number of aliphatic hydroxyl groups is 1. The molecular formula is C22H35N3O7S. The molecular weight excluding hydrogens is 450 g/mol. The molecule has 10 nitrogen and oxygen atoms in total. The van der Waals surface area contributed by atoms with Crippen molar-refractivity contribution in [1.29, 1.82) is 0 Å². The number of ether oxygens (including phenoxy) is 2. The molecule has 0 saturated heterocycles. The van der Waals surface area contributed by atoms with E-state index in [2.05, 4.69) is 34.7 Å². The van der Waals surface area contributed by atoms with E-state index < -0.39 is 11.2 Å². The number of benzene rings is 1. The molecule has 1 aromatic rings. The molecule has 0 aromatic heterocycles. The zero-order valence-electron chi connectivity index (χ0n) is 18.8. The number of rotatable bonds is 14. The van der Waals surface area contributed by atoms with Gasteiger partial charge in [0.25, 0.3) is 5.09 Å². The second-order valence-corrected chi connectivity index (χ2v) is 7.63. The summed E-state index contributed by atoms with van der Waals surface area (Å²) in [7, 11) is 0. The Bertz CT molecular complexity index is 702. The second-order valence-electron chi connectivity index (χ2n) is 7.31. The first-order valence-corrected chi connectivity index (χ1v) is 11.6. The van der Waals surface area contributed by atoms with Crippen molar-refractivity contribution in [3.05, 3.63) is 47.0 Å². The van der Waals surface area contributed by atoms with Crippen LogP contribution in [-0.2, 0) is 9.63 Å². The number of para-hydroxylation sites is 2. The fraction of sp³-hybridized carbons (Fsp3) is 0.591. The van der Waals surface area contributed by atoms with E-state index in [9.17, 15) is 20.0 Å². The lowest BCUT2D eigenvalue weighted by molar-refractivity contribution is -0.769. The number of nitrogens with one attached hydrogen (secondary N) is 2. The normalized spacial score (nSPS) is 14.2. The van der Waals surface area contributed by atoms with Gasteiger partial charge in [-0.1, -0.05) is 44.1 Å². The Morgan fingerprint density at radius 1 is 1.24 bits per heavy atom. The van der Waals surface area contributed by atoms with Crippen LogP contribution in [0.1, 0.15) is 32.1 Å². The van der Waals surface area contributed by atoms with Crippen LogP contribution in [0, 0.1) is 10.1 Å². The van der Waals surface area contributed by atoms with Gasteiger partial charge in [0.1, 0.15) is 25.4 Å². The van der Waals surface area contributed by atoms with Crippen LogP contribution in [0.5, 0.6) is 11.5 Å². The quantitative estimate of drug-likeness (QED) is 0.104. The van der Waals surface area contributed by atoms with Gasteiger partial charge in [-0.3, -0.25) is 4.79 Å². The number of aliphatic hydroxyl groups excluding tert-OH is 1. The van der Waals surface area contributed by atoms with Crippen LogP contribution in [0.3, 0.4) is 0 Å². The highest BCUT2D eigenvalue weighted by Crippen LogP contribution is 2.26. The van der Waals surface area contributed by atoms with Crippen molar-refractivity contribution < 1.29 is 29.3 Å². The van der Waals surface area contributed by atoms with Gasteiger partial charge in [-0.05, 0) is 25.0 Å². The topological polar surface area (TPSA) is 132 Å². The third kappa shape index (κ3) is 14.3. The zero-order chi connectivity index (χ0) is 24.3. The molecule has 0 aliphatic heterocycles. The van der Waals surface area contributed by atoms with Gasteiger partial charge in [0, 0.05) is 19.6 Å². The summed E-state index contributed by atoms with van der Waals surface area (Å²) in [5.74, 6) is 1.25. The van der Waals surface area contributed by atoms with Gasteiger partial charge in [0.2, 0.25) is 5.91 Å². The molecule has 2 rings (SSSR count). The van der Waals surface area contributed by atoms with Crippen LogP contribution >= 0.6 is 12.6 Å². The molecule has 11 heteroatoms. The predicted molar refractivity (Wildman–Crippen MR) is 128 cm³/mol. The Morgan fingerprint density at radius 2 is 1.91 bits per heavy atom. The average Bonchev–Trinajstić information content (AvgIpc) is 2.82. The summed E-state index contributed by atoms with van der Waals surface area (Å²) in [6.07, 6.45) is 5.89. The Balaban J connectivity index is 0.000000451. The highest BCUT2D eigenvalue weighted by molar-refractivity contribution is 7.81. The molecule has 1 fully saturated rings. The van der Waals surface area contributed by atoms with Crippen molar-refractivity contribution in [3.63, 3.8) is 0 Å². The number of nitrogens with zero attached hydrogens (tertiary/aromatic N) is 1. The first-order valence-electron chi connectivity index (χ1n) is 11.0. The van der Waals surface area contributed by atoms with Crippen molar-refractivity contribution in [2.24, 2.45) is 0 Å². The third-order valence-electron chi connectivity index (χ3n) is 4.57. The standard InChI is InChI=1S/C16H24N2O4S.C6H11NO3/c1-2-9-21-14-5-3-4-6-15(14)22-11-13(19)10-17-7-8-18-16(20)12-23;8-7(9)10-6-4-2-1-3-5-6/h2-6,13,17,19,23H,1,7-12H2,(H,18,20);6H,1-5H2. The zero-order valence-corrected chi connectivity index (χ0v) is 19.7. The molecule has 0 heterocycles. The van der Waals surface area contributed by atoms with E-state index in [0.29, 0.717) is 37.7 Å². The van der Waals surface area contributed by atoms with Gasteiger partial charge in [-0.2, -0.15) is 12.6 Å². The van der Waals surface area contributed by atoms with Crippen LogP contribution < -0.4 is 20.1 Å². The van der Waals surface area contributed by atoms with E-state index >= 15 is 0 Å². The van der Waals surface area contributed by atoms with Crippen molar-refractivity contribution >= 4 is 18.5 Å². The Morgan fingerprint density at radius 3 is 2.52 bits per heavy atom. The fourth-order valence-electron chi connectivity index (χ4n) is 2.99. The third-order valence-corrected chi connectivity index (χ3v) is 4.86. The van der Waals surface area contributed by atoms with Gasteiger partial charge in [-0.15, -0.1) is 10.1 Å². The highest BCUT2D eigenvalue weighted by Gasteiger charge is 2.16. The molecule has 0 bridgehead atoms. The molecule has 1 aliphatic carbocycles. The fourth-order valence-corrected chi connectivity index (χ4v) is 3.10. The Labute approximate surface area is 200 Å². The molecule has 0 radical (unpaired) electrons. The predicted octanol–water partition coefficient (Wildman–Crippen LogP) is 2.15. The largest absolute Gasteiger partial charge is 0.487 e. The second kappa shape index (κ2) is 18.0. The molecule has 33 heavy (non-hydrogen) atoms. The number of amides is 1. The van der Waals surface area contributed by atoms with E-state index in [4.69, 9.17) is 9.47 Å². The van der Waals surface area contributed by atoms with Crippen LogP contribution in [0.15, 0.2) is 36.9 Å². The highest BCUT2D eigenvalue weighted by atomic mass is 32.1. The molecule has 0 spiro atoms. The van der Waals surface area contributed by atoms with Crippen LogP contribution in [-0.4, -0.2) is 66.9 Å². The van der Waals surface area contributed by atoms with E-state index in [1.54, 1.807) is 18.2 Å². The van der Waals surface area contributed by atoms with Crippen LogP contribution in [0.2, 0.25) is 0 Å². The summed E-state index contributed by atoms with van der Waals surface area (Å²) in [6, 6.07) is 7.27. The first kappa shape index (κ1) is 28.5. The maximum atomic E-state index is 11.0. The van der Waals surface area contributed by atoms with Crippen molar-refractivity contribution in [2.45, 2.75) is 44.3 Å². The number of carbonyl (C=O) groups excluding carboxylic acids is 1. The average molecular weight is 486 g/mol. The molecule has 186 valence electrons. The summed E-state index contributed by atoms with van der Waals surface area (Å²) in [6.45, 7) is 5.56. The maximum absolute atomic E-state index is 11.0. The lowest BCUT2D eigenvalue weighted by atomic mass is 9.98. The van der Waals surface area contributed by atoms with Crippen LogP contribution in [0.4, 0.5) is 0 Å². The van der Waals surface area contributed by atoms with Gasteiger partial charge < -0.3 is 30.1 Å². The minimum absolute atomic E-state index is 0.116. The summed E-state index contributed by atoms with van der Waals surface area (Å²) in [5, 5.41) is 24.8. The Kier molecular flexibility index (Phi) is 15.6. The maximum Gasteiger partial charge on any atom is 0.294 e. The molecule has 1 aliphatic rings. The number of thiol groups is 1. The van der Waals surface area contributed by atoms with E-state index in [0.717, 1.165) is 25.7 Å². The van der Waals surface area contributed by atoms with Gasteiger partial charge in [0.15, 0.2) is 11.5 Å². The van der Waals surface area contributed by atoms with Crippen molar-refractivity contribution in [2.75, 3.05) is 38.6 Å². The van der Waals surface area contributed by atoms with E-state index in [1.165, 1.54) is 6.42 Å². The molecule has 3 N–H and O–H groups in total. The molecule has 1 aromatic carbocycles. The lowest BCUT2D eigenvalue weighted by Crippen LogP contribution is -2.37. The summed E-state index contributed by atoms with van der Waals surface area (Å²) in [4.78, 5) is 25.2. The first-order chi connectivity index (χ1) is 16.0. The molecule has 1 amide bonds. The smallest absolute Gasteiger partial charge is 0.294 e. The minimum Gasteiger partial charge on any atom is -0.487 e. The van der Waals surface area contributed by atoms with Crippen molar-refractivity contribution in [1.82, 2.24) is 10.6 Å². The van der Waals surface area contributed by atoms with Gasteiger partial charge >= 0.3 is 0 Å². The lowest BCUT2D eigenvalue weighted by Gasteiger charge is -2.18. The molecule has 1 atom stereocenters. The van der Waals surface area contributed by atoms with E-state index in [-0.39, 0.29) is 24.4 Å². The van der Waals surface area contributed by atoms with Crippen molar-refractivity contribution in [3.8, 4) is 11.5 Å². The summed E-state index contributed by atoms with van der Waals surface area (Å²) >= 11 is 3.86. The summed E-state index contributed by atoms with van der Waals surface area (Å²) < 4.78 is 11.1. The van der Waals surface area contributed by atoms with E-state index in [1.807, 2.05) is 12.1 Å². The monoisotopic (exact) mass is 485 g/mol. The molecule has 1 unspecified atom stereocenters. The van der Waals surface area contributed by atoms with Crippen LogP contribution in [0.25, 0.3) is 0 Å². The SMILES string of the molecule is C=CCOc1ccccc1OCC(O)CNCCNC(=O)CS.O=[N+]([O-])OC1CCCCC1. The number of hydrogen-bond donors (Lipinski definition) is 4. The number of hydrogen-bond acceptors (Lipinski definition) is 9. The Hall–Kier alpha value is -2.50. The summed E-state index contributed by atoms with van der Waals surface area (Å²) in [5.41, 5.74) is 0.